The second kappa shape index (κ2) is 3.56. The van der Waals surface area contributed by atoms with Gasteiger partial charge in [0.25, 0.3) is 0 Å². The Morgan fingerprint density at radius 3 is 2.93 bits per heavy atom. The van der Waals surface area contributed by atoms with Crippen molar-refractivity contribution in [1.82, 2.24) is 9.88 Å². The lowest BCUT2D eigenvalue weighted by Crippen LogP contribution is -2.27. The SMILES string of the molecule is O=C1CC(c2csc(Br)n2)CN1C1CC1. The Bertz CT molecular complexity index is 402. The molecule has 1 saturated carbocycles. The van der Waals surface area contributed by atoms with Crippen LogP contribution >= 0.6 is 27.3 Å². The van der Waals surface area contributed by atoms with Crippen LogP contribution in [-0.2, 0) is 4.79 Å². The number of rotatable bonds is 2. The first-order valence-corrected chi connectivity index (χ1v) is 6.81. The van der Waals surface area contributed by atoms with E-state index in [0.29, 0.717) is 24.3 Å². The lowest BCUT2D eigenvalue weighted by molar-refractivity contribution is -0.128. The van der Waals surface area contributed by atoms with E-state index in [2.05, 4.69) is 26.3 Å². The average molecular weight is 287 g/mol. The molecule has 0 aromatic carbocycles. The minimum Gasteiger partial charge on any atom is -0.339 e. The van der Waals surface area contributed by atoms with Crippen LogP contribution in [0.15, 0.2) is 9.30 Å². The van der Waals surface area contributed by atoms with Crippen LogP contribution in [0.3, 0.4) is 0 Å². The van der Waals surface area contributed by atoms with Crippen LogP contribution in [0.5, 0.6) is 0 Å². The molecule has 2 fully saturated rings. The number of amides is 1. The van der Waals surface area contributed by atoms with E-state index in [-0.39, 0.29) is 0 Å². The highest BCUT2D eigenvalue weighted by molar-refractivity contribution is 9.11. The Morgan fingerprint density at radius 2 is 2.33 bits per heavy atom. The van der Waals surface area contributed by atoms with Gasteiger partial charge in [-0.1, -0.05) is 0 Å². The predicted octanol–water partition coefficient (Wildman–Crippen LogP) is 2.38. The van der Waals surface area contributed by atoms with Crippen molar-refractivity contribution in [2.45, 2.75) is 31.2 Å². The van der Waals surface area contributed by atoms with E-state index < -0.39 is 0 Å². The Hall–Kier alpha value is -0.420. The number of hydrogen-bond donors (Lipinski definition) is 0. The zero-order valence-electron chi connectivity index (χ0n) is 8.15. The van der Waals surface area contributed by atoms with Gasteiger partial charge in [-0.3, -0.25) is 4.79 Å². The standard InChI is InChI=1S/C10H11BrN2OS/c11-10-12-8(5-15-10)6-3-9(14)13(4-6)7-1-2-7/h5-7H,1-4H2. The molecule has 1 aliphatic carbocycles. The summed E-state index contributed by atoms with van der Waals surface area (Å²) < 4.78 is 0.912. The number of aromatic nitrogens is 1. The topological polar surface area (TPSA) is 33.2 Å². The minimum absolute atomic E-state index is 0.312. The van der Waals surface area contributed by atoms with Crippen LogP contribution in [0, 0.1) is 0 Å². The van der Waals surface area contributed by atoms with Crippen LogP contribution in [0.2, 0.25) is 0 Å². The summed E-state index contributed by atoms with van der Waals surface area (Å²) in [7, 11) is 0. The summed E-state index contributed by atoms with van der Waals surface area (Å²) in [6.07, 6.45) is 3.03. The summed E-state index contributed by atoms with van der Waals surface area (Å²) >= 11 is 4.95. The van der Waals surface area contributed by atoms with Gasteiger partial charge in [0, 0.05) is 30.3 Å². The molecule has 2 aliphatic rings. The zero-order chi connectivity index (χ0) is 10.4. The number of likely N-dealkylation sites (tertiary alicyclic amines) is 1. The third-order valence-corrected chi connectivity index (χ3v) is 4.44. The molecule has 1 amide bonds. The summed E-state index contributed by atoms with van der Waals surface area (Å²) in [5.74, 6) is 0.632. The minimum atomic E-state index is 0.312. The number of carbonyl (C=O) groups is 1. The number of carbonyl (C=O) groups excluding carboxylic acids is 1. The maximum Gasteiger partial charge on any atom is 0.223 e. The van der Waals surface area contributed by atoms with Gasteiger partial charge < -0.3 is 4.90 Å². The van der Waals surface area contributed by atoms with Crippen LogP contribution in [0.1, 0.15) is 30.9 Å². The molecule has 0 spiro atoms. The van der Waals surface area contributed by atoms with Crippen LogP contribution in [-0.4, -0.2) is 28.4 Å². The lowest BCUT2D eigenvalue weighted by Gasteiger charge is -2.14. The molecule has 80 valence electrons. The molecule has 1 atom stereocenters. The van der Waals surface area contributed by atoms with E-state index in [0.717, 1.165) is 16.2 Å². The highest BCUT2D eigenvalue weighted by Gasteiger charge is 2.40. The molecule has 0 radical (unpaired) electrons. The van der Waals surface area contributed by atoms with E-state index in [4.69, 9.17) is 0 Å². The highest BCUT2D eigenvalue weighted by Crippen LogP contribution is 2.37. The zero-order valence-corrected chi connectivity index (χ0v) is 10.6. The maximum absolute atomic E-state index is 11.7. The highest BCUT2D eigenvalue weighted by atomic mass is 79.9. The summed E-state index contributed by atoms with van der Waals surface area (Å²) in [6, 6.07) is 0.546. The van der Waals surface area contributed by atoms with E-state index in [1.165, 1.54) is 12.8 Å². The first-order valence-electron chi connectivity index (χ1n) is 5.14. The summed E-state index contributed by atoms with van der Waals surface area (Å²) in [5, 5.41) is 2.05. The van der Waals surface area contributed by atoms with Crippen molar-refractivity contribution in [2.24, 2.45) is 0 Å². The van der Waals surface area contributed by atoms with E-state index in [1.54, 1.807) is 11.3 Å². The molecular formula is C10H11BrN2OS. The number of nitrogens with zero attached hydrogens (tertiary/aromatic N) is 2. The number of thiazole rings is 1. The van der Waals surface area contributed by atoms with Crippen molar-refractivity contribution < 1.29 is 4.79 Å². The van der Waals surface area contributed by atoms with Crippen LogP contribution in [0.4, 0.5) is 0 Å². The molecule has 1 saturated heterocycles. The fourth-order valence-electron chi connectivity index (χ4n) is 2.12. The Kier molecular flexibility index (Phi) is 2.32. The first kappa shape index (κ1) is 9.78. The Morgan fingerprint density at radius 1 is 1.53 bits per heavy atom. The fourth-order valence-corrected chi connectivity index (χ4v) is 3.23. The van der Waals surface area contributed by atoms with Crippen LogP contribution in [0.25, 0.3) is 0 Å². The van der Waals surface area contributed by atoms with E-state index in [9.17, 15) is 4.79 Å². The van der Waals surface area contributed by atoms with Crippen molar-refractivity contribution in [3.05, 3.63) is 15.0 Å². The molecule has 1 aromatic heterocycles. The molecule has 3 nitrogen and oxygen atoms in total. The van der Waals surface area contributed by atoms with Crippen LogP contribution < -0.4 is 0 Å². The Balaban J connectivity index is 1.76. The van der Waals surface area contributed by atoms with Gasteiger partial charge in [-0.2, -0.15) is 0 Å². The summed E-state index contributed by atoms with van der Waals surface area (Å²) in [5.41, 5.74) is 1.07. The van der Waals surface area contributed by atoms with Gasteiger partial charge in [-0.05, 0) is 28.8 Å². The van der Waals surface area contributed by atoms with E-state index in [1.807, 2.05) is 4.90 Å². The van der Waals surface area contributed by atoms with Crippen molar-refractivity contribution in [3.63, 3.8) is 0 Å². The maximum atomic E-state index is 11.7. The third kappa shape index (κ3) is 1.83. The molecule has 3 rings (SSSR count). The van der Waals surface area contributed by atoms with Crippen molar-refractivity contribution in [3.8, 4) is 0 Å². The van der Waals surface area contributed by atoms with Gasteiger partial charge in [0.1, 0.15) is 0 Å². The van der Waals surface area contributed by atoms with Crippen molar-refractivity contribution >= 4 is 33.2 Å². The molecule has 15 heavy (non-hydrogen) atoms. The van der Waals surface area contributed by atoms with Gasteiger partial charge in [0.15, 0.2) is 3.92 Å². The fraction of sp³-hybridized carbons (Fsp3) is 0.600. The van der Waals surface area contributed by atoms with Gasteiger partial charge >= 0.3 is 0 Å². The van der Waals surface area contributed by atoms with Gasteiger partial charge in [0.2, 0.25) is 5.91 Å². The molecule has 1 aliphatic heterocycles. The number of hydrogen-bond acceptors (Lipinski definition) is 3. The number of halogens is 1. The smallest absolute Gasteiger partial charge is 0.223 e. The van der Waals surface area contributed by atoms with Crippen molar-refractivity contribution in [2.75, 3.05) is 6.54 Å². The first-order chi connectivity index (χ1) is 7.24. The lowest BCUT2D eigenvalue weighted by atomic mass is 10.1. The van der Waals surface area contributed by atoms with Crippen molar-refractivity contribution in [1.29, 1.82) is 0 Å². The normalized spacial score (nSPS) is 26.3. The van der Waals surface area contributed by atoms with Gasteiger partial charge in [-0.25, -0.2) is 4.98 Å². The summed E-state index contributed by atoms with van der Waals surface area (Å²) in [6.45, 7) is 0.875. The Labute approximate surface area is 101 Å². The third-order valence-electron chi connectivity index (χ3n) is 3.06. The molecule has 0 N–H and O–H groups in total. The monoisotopic (exact) mass is 286 g/mol. The van der Waals surface area contributed by atoms with Gasteiger partial charge in [-0.15, -0.1) is 11.3 Å². The summed E-state index contributed by atoms with van der Waals surface area (Å²) in [4.78, 5) is 18.2. The quantitative estimate of drug-likeness (QED) is 0.836. The largest absolute Gasteiger partial charge is 0.339 e. The predicted molar refractivity (Wildman–Crippen MR) is 61.9 cm³/mol. The van der Waals surface area contributed by atoms with Gasteiger partial charge in [0.05, 0.1) is 5.69 Å². The molecule has 0 bridgehead atoms. The average Bonchev–Trinajstić information content (AvgIpc) is 2.84. The molecule has 1 aromatic rings. The second-order valence-electron chi connectivity index (χ2n) is 4.20. The molecule has 2 heterocycles. The molecular weight excluding hydrogens is 276 g/mol. The molecule has 1 unspecified atom stereocenters. The molecule has 5 heteroatoms. The second-order valence-corrected chi connectivity index (χ2v) is 6.34. The van der Waals surface area contributed by atoms with E-state index >= 15 is 0 Å².